The number of aromatic amines is 1. The van der Waals surface area contributed by atoms with E-state index in [1.807, 2.05) is 17.5 Å². The monoisotopic (exact) mass is 367 g/mol. The van der Waals surface area contributed by atoms with Crippen LogP contribution in [0.15, 0.2) is 40.5 Å². The number of nitrogens with zero attached hydrogens (tertiary/aromatic N) is 3. The minimum absolute atomic E-state index is 0.138. The molecule has 132 valence electrons. The number of anilines is 1. The Balaban J connectivity index is 1.82. The van der Waals surface area contributed by atoms with E-state index < -0.39 is 0 Å². The Hall–Kier alpha value is -3.00. The Morgan fingerprint density at radius 3 is 3.08 bits per heavy atom. The van der Waals surface area contributed by atoms with Crippen molar-refractivity contribution in [2.24, 2.45) is 0 Å². The average Bonchev–Trinajstić information content (AvgIpc) is 3.35. The zero-order valence-corrected chi connectivity index (χ0v) is 15.0. The summed E-state index contributed by atoms with van der Waals surface area (Å²) in [5, 5.41) is 9.32. The number of thiophene rings is 1. The lowest BCUT2D eigenvalue weighted by molar-refractivity contribution is -0.111. The molecular weight excluding hydrogens is 350 g/mol. The van der Waals surface area contributed by atoms with Crippen LogP contribution >= 0.6 is 11.3 Å². The third kappa shape index (κ3) is 2.99. The summed E-state index contributed by atoms with van der Waals surface area (Å²) < 4.78 is 1.48. The van der Waals surface area contributed by atoms with Gasteiger partial charge in [-0.25, -0.2) is 4.98 Å². The van der Waals surface area contributed by atoms with E-state index in [-0.39, 0.29) is 11.5 Å². The SMILES string of the molecule is C/C=C\C(=O)Nc1cc(-c2cccs2)nn1-c1nc2c(c(=O)[nH]1)CCC2. The summed E-state index contributed by atoms with van der Waals surface area (Å²) in [6.45, 7) is 1.77. The van der Waals surface area contributed by atoms with Gasteiger partial charge in [0.15, 0.2) is 0 Å². The molecule has 2 N–H and O–H groups in total. The summed E-state index contributed by atoms with van der Waals surface area (Å²) in [4.78, 5) is 32.7. The Morgan fingerprint density at radius 2 is 2.31 bits per heavy atom. The Kier molecular flexibility index (Phi) is 4.26. The van der Waals surface area contributed by atoms with Gasteiger partial charge in [-0.2, -0.15) is 9.78 Å². The van der Waals surface area contributed by atoms with Gasteiger partial charge in [0.05, 0.1) is 10.6 Å². The number of carbonyl (C=O) groups is 1. The van der Waals surface area contributed by atoms with Gasteiger partial charge in [0.1, 0.15) is 11.5 Å². The molecule has 1 aliphatic rings. The Labute approximate surface area is 153 Å². The fraction of sp³-hybridized carbons (Fsp3) is 0.222. The molecule has 0 unspecified atom stereocenters. The molecule has 3 aromatic heterocycles. The standard InChI is InChI=1S/C18H17N5O2S/c1-2-5-16(24)20-15-10-13(14-8-4-9-26-14)22-23(15)18-19-12-7-3-6-11(12)17(25)21-18/h2,4-5,8-10H,3,6-7H2,1H3,(H,20,24)(H,19,21,25)/b5-2-. The van der Waals surface area contributed by atoms with Gasteiger partial charge < -0.3 is 5.32 Å². The van der Waals surface area contributed by atoms with Gasteiger partial charge in [0, 0.05) is 11.6 Å². The molecule has 7 nitrogen and oxygen atoms in total. The lowest BCUT2D eigenvalue weighted by Crippen LogP contribution is -2.20. The number of rotatable bonds is 4. The highest BCUT2D eigenvalue weighted by atomic mass is 32.1. The summed E-state index contributed by atoms with van der Waals surface area (Å²) in [5.41, 5.74) is 2.13. The number of aromatic nitrogens is 4. The van der Waals surface area contributed by atoms with Crippen molar-refractivity contribution in [2.45, 2.75) is 26.2 Å². The van der Waals surface area contributed by atoms with Crippen molar-refractivity contribution in [3.8, 4) is 16.5 Å². The first-order chi connectivity index (χ1) is 12.7. The van der Waals surface area contributed by atoms with E-state index in [0.29, 0.717) is 17.5 Å². The molecule has 0 aromatic carbocycles. The number of aryl methyl sites for hydroxylation is 1. The predicted molar refractivity (Wildman–Crippen MR) is 101 cm³/mol. The van der Waals surface area contributed by atoms with Gasteiger partial charge in [0.25, 0.3) is 5.56 Å². The fourth-order valence-corrected chi connectivity index (χ4v) is 3.71. The van der Waals surface area contributed by atoms with Crippen molar-refractivity contribution < 1.29 is 4.79 Å². The highest BCUT2D eigenvalue weighted by molar-refractivity contribution is 7.13. The third-order valence-electron chi connectivity index (χ3n) is 4.18. The van der Waals surface area contributed by atoms with Gasteiger partial charge in [-0.15, -0.1) is 11.3 Å². The minimum Gasteiger partial charge on any atom is -0.307 e. The van der Waals surface area contributed by atoms with Crippen molar-refractivity contribution in [1.82, 2.24) is 19.7 Å². The lowest BCUT2D eigenvalue weighted by Gasteiger charge is -2.08. The highest BCUT2D eigenvalue weighted by Gasteiger charge is 2.20. The molecule has 0 aliphatic heterocycles. The van der Waals surface area contributed by atoms with E-state index in [2.05, 4.69) is 20.4 Å². The second kappa shape index (κ2) is 6.72. The molecule has 0 spiro atoms. The molecule has 0 radical (unpaired) electrons. The molecular formula is C18H17N5O2S. The van der Waals surface area contributed by atoms with Crippen molar-refractivity contribution in [3.05, 3.63) is 57.3 Å². The first-order valence-electron chi connectivity index (χ1n) is 8.36. The summed E-state index contributed by atoms with van der Waals surface area (Å²) in [7, 11) is 0. The second-order valence-electron chi connectivity index (χ2n) is 5.96. The van der Waals surface area contributed by atoms with E-state index in [1.165, 1.54) is 10.8 Å². The summed E-state index contributed by atoms with van der Waals surface area (Å²) in [6, 6.07) is 5.67. The number of allylic oxidation sites excluding steroid dienone is 1. The van der Waals surface area contributed by atoms with Crippen LogP contribution in [0.3, 0.4) is 0 Å². The van der Waals surface area contributed by atoms with Crippen LogP contribution in [0.1, 0.15) is 24.6 Å². The molecule has 3 heterocycles. The van der Waals surface area contributed by atoms with Crippen LogP contribution in [0.2, 0.25) is 0 Å². The van der Waals surface area contributed by atoms with E-state index >= 15 is 0 Å². The number of fused-ring (bicyclic) bond motifs is 1. The topological polar surface area (TPSA) is 92.7 Å². The van der Waals surface area contributed by atoms with Crippen LogP contribution in [0.25, 0.3) is 16.5 Å². The zero-order chi connectivity index (χ0) is 18.1. The summed E-state index contributed by atoms with van der Waals surface area (Å²) >= 11 is 1.55. The predicted octanol–water partition coefficient (Wildman–Crippen LogP) is 2.69. The zero-order valence-electron chi connectivity index (χ0n) is 14.2. The maximum atomic E-state index is 12.3. The van der Waals surface area contributed by atoms with Gasteiger partial charge in [-0.1, -0.05) is 12.1 Å². The van der Waals surface area contributed by atoms with E-state index in [1.54, 1.807) is 30.4 Å². The molecule has 3 aromatic rings. The van der Waals surface area contributed by atoms with Crippen molar-refractivity contribution in [2.75, 3.05) is 5.32 Å². The van der Waals surface area contributed by atoms with E-state index in [0.717, 1.165) is 35.4 Å². The number of nitrogens with one attached hydrogen (secondary N) is 2. The fourth-order valence-electron chi connectivity index (χ4n) is 3.02. The lowest BCUT2D eigenvalue weighted by atomic mass is 10.3. The van der Waals surface area contributed by atoms with Crippen LogP contribution in [-0.4, -0.2) is 25.7 Å². The number of hydrogen-bond donors (Lipinski definition) is 2. The largest absolute Gasteiger partial charge is 0.307 e. The van der Waals surface area contributed by atoms with E-state index in [9.17, 15) is 9.59 Å². The smallest absolute Gasteiger partial charge is 0.255 e. The van der Waals surface area contributed by atoms with Crippen LogP contribution < -0.4 is 10.9 Å². The maximum absolute atomic E-state index is 12.3. The minimum atomic E-state index is -0.269. The van der Waals surface area contributed by atoms with Crippen molar-refractivity contribution >= 4 is 23.1 Å². The first-order valence-corrected chi connectivity index (χ1v) is 9.23. The summed E-state index contributed by atoms with van der Waals surface area (Å²) in [6.07, 6.45) is 5.56. The quantitative estimate of drug-likeness (QED) is 0.694. The van der Waals surface area contributed by atoms with Crippen LogP contribution in [0, 0.1) is 0 Å². The normalized spacial score (nSPS) is 13.3. The Morgan fingerprint density at radius 1 is 1.42 bits per heavy atom. The number of amides is 1. The van der Waals surface area contributed by atoms with E-state index in [4.69, 9.17) is 0 Å². The third-order valence-corrected chi connectivity index (χ3v) is 5.07. The molecule has 8 heteroatoms. The number of hydrogen-bond acceptors (Lipinski definition) is 5. The first kappa shape index (κ1) is 16.5. The van der Waals surface area contributed by atoms with Gasteiger partial charge in [-0.05, 0) is 43.7 Å². The second-order valence-corrected chi connectivity index (χ2v) is 6.91. The molecule has 0 bridgehead atoms. The van der Waals surface area contributed by atoms with Crippen molar-refractivity contribution in [3.63, 3.8) is 0 Å². The average molecular weight is 367 g/mol. The Bertz CT molecular complexity index is 1050. The molecule has 1 amide bonds. The number of carbonyl (C=O) groups excluding carboxylic acids is 1. The molecule has 0 atom stereocenters. The van der Waals surface area contributed by atoms with Crippen molar-refractivity contribution in [1.29, 1.82) is 0 Å². The van der Waals surface area contributed by atoms with Gasteiger partial charge >= 0.3 is 0 Å². The molecule has 4 rings (SSSR count). The molecule has 0 fully saturated rings. The molecule has 1 aliphatic carbocycles. The van der Waals surface area contributed by atoms with Gasteiger partial charge in [0.2, 0.25) is 11.9 Å². The maximum Gasteiger partial charge on any atom is 0.255 e. The molecule has 0 saturated heterocycles. The number of H-pyrrole nitrogens is 1. The van der Waals surface area contributed by atoms with Crippen LogP contribution in [-0.2, 0) is 17.6 Å². The van der Waals surface area contributed by atoms with Crippen LogP contribution in [0.4, 0.5) is 5.82 Å². The highest BCUT2D eigenvalue weighted by Crippen LogP contribution is 2.27. The summed E-state index contributed by atoms with van der Waals surface area (Å²) in [5.74, 6) is 0.502. The molecule has 26 heavy (non-hydrogen) atoms. The van der Waals surface area contributed by atoms with Crippen LogP contribution in [0.5, 0.6) is 0 Å². The van der Waals surface area contributed by atoms with Gasteiger partial charge in [-0.3, -0.25) is 14.6 Å². The molecule has 0 saturated carbocycles.